The van der Waals surface area contributed by atoms with E-state index in [1.165, 1.54) is 7.05 Å². The molecule has 0 aliphatic carbocycles. The quantitative estimate of drug-likeness (QED) is 0.792. The zero-order valence-corrected chi connectivity index (χ0v) is 13.3. The molecule has 0 heterocycles. The minimum Gasteiger partial charge on any atom is -0.351 e. The molecular formula is C15H18F6N2O. The summed E-state index contributed by atoms with van der Waals surface area (Å²) in [5, 5.41) is 5.09. The van der Waals surface area contributed by atoms with E-state index in [4.69, 9.17) is 0 Å². The molecule has 9 heteroatoms. The SMILES string of the molecule is CN[C@@H](C(=O)NCc1cc(C(F)(F)F)cc(C(F)(F)F)c1)C(C)C. The largest absolute Gasteiger partial charge is 0.416 e. The van der Waals surface area contributed by atoms with Crippen molar-refractivity contribution in [1.29, 1.82) is 0 Å². The molecule has 1 atom stereocenters. The van der Waals surface area contributed by atoms with Crippen molar-refractivity contribution in [2.24, 2.45) is 5.92 Å². The number of rotatable bonds is 5. The van der Waals surface area contributed by atoms with E-state index >= 15 is 0 Å². The molecule has 0 spiro atoms. The van der Waals surface area contributed by atoms with Gasteiger partial charge in [-0.3, -0.25) is 4.79 Å². The number of hydrogen-bond donors (Lipinski definition) is 2. The number of hydrogen-bond acceptors (Lipinski definition) is 2. The van der Waals surface area contributed by atoms with Gasteiger partial charge < -0.3 is 10.6 Å². The van der Waals surface area contributed by atoms with Crippen molar-refractivity contribution in [1.82, 2.24) is 10.6 Å². The topological polar surface area (TPSA) is 41.1 Å². The van der Waals surface area contributed by atoms with Crippen LogP contribution in [-0.4, -0.2) is 19.0 Å². The van der Waals surface area contributed by atoms with E-state index in [1.54, 1.807) is 13.8 Å². The number of amides is 1. The fourth-order valence-corrected chi connectivity index (χ4v) is 2.19. The van der Waals surface area contributed by atoms with Gasteiger partial charge in [-0.15, -0.1) is 0 Å². The van der Waals surface area contributed by atoms with Crippen LogP contribution in [0.4, 0.5) is 26.3 Å². The Kier molecular flexibility index (Phi) is 6.26. The van der Waals surface area contributed by atoms with E-state index in [0.717, 1.165) is 0 Å². The van der Waals surface area contributed by atoms with Crippen LogP contribution in [0.25, 0.3) is 0 Å². The van der Waals surface area contributed by atoms with Crippen molar-refractivity contribution in [2.75, 3.05) is 7.05 Å². The van der Waals surface area contributed by atoms with Gasteiger partial charge in [-0.2, -0.15) is 26.3 Å². The van der Waals surface area contributed by atoms with Crippen LogP contribution in [0, 0.1) is 5.92 Å². The number of carbonyl (C=O) groups excluding carboxylic acids is 1. The lowest BCUT2D eigenvalue weighted by molar-refractivity contribution is -0.143. The number of likely N-dealkylation sites (N-methyl/N-ethyl adjacent to an activating group) is 1. The maximum Gasteiger partial charge on any atom is 0.416 e. The highest BCUT2D eigenvalue weighted by atomic mass is 19.4. The van der Waals surface area contributed by atoms with Crippen molar-refractivity contribution < 1.29 is 31.1 Å². The molecule has 0 aliphatic rings. The number of halogens is 6. The number of benzene rings is 1. The van der Waals surface area contributed by atoms with Gasteiger partial charge in [0.25, 0.3) is 0 Å². The summed E-state index contributed by atoms with van der Waals surface area (Å²) in [7, 11) is 1.54. The number of alkyl halides is 6. The lowest BCUT2D eigenvalue weighted by Crippen LogP contribution is -2.45. The first-order valence-corrected chi connectivity index (χ1v) is 7.09. The highest BCUT2D eigenvalue weighted by Gasteiger charge is 2.36. The highest BCUT2D eigenvalue weighted by Crippen LogP contribution is 2.36. The molecule has 3 nitrogen and oxygen atoms in total. The van der Waals surface area contributed by atoms with Gasteiger partial charge in [0.1, 0.15) is 0 Å². The Hall–Kier alpha value is -1.77. The van der Waals surface area contributed by atoms with E-state index < -0.39 is 42.0 Å². The Labute approximate surface area is 135 Å². The van der Waals surface area contributed by atoms with Gasteiger partial charge in [-0.1, -0.05) is 13.8 Å². The maximum absolute atomic E-state index is 12.8. The Morgan fingerprint density at radius 1 is 1.00 bits per heavy atom. The first kappa shape index (κ1) is 20.3. The average molecular weight is 356 g/mol. The predicted octanol–water partition coefficient (Wildman–Crippen LogP) is 3.58. The second-order valence-corrected chi connectivity index (χ2v) is 5.64. The predicted molar refractivity (Wildman–Crippen MR) is 76.0 cm³/mol. The summed E-state index contributed by atoms with van der Waals surface area (Å²) in [6.45, 7) is 3.08. The third-order valence-electron chi connectivity index (χ3n) is 3.37. The number of nitrogens with one attached hydrogen (secondary N) is 2. The molecular weight excluding hydrogens is 338 g/mol. The molecule has 2 N–H and O–H groups in total. The minimum atomic E-state index is -4.91. The van der Waals surface area contributed by atoms with E-state index in [1.807, 2.05) is 0 Å². The summed E-state index contributed by atoms with van der Waals surface area (Å²) >= 11 is 0. The van der Waals surface area contributed by atoms with Crippen LogP contribution in [0.5, 0.6) is 0 Å². The lowest BCUT2D eigenvalue weighted by atomic mass is 10.0. The summed E-state index contributed by atoms with van der Waals surface area (Å²) in [6.07, 6.45) is -9.82. The highest BCUT2D eigenvalue weighted by molar-refractivity contribution is 5.81. The Morgan fingerprint density at radius 2 is 1.46 bits per heavy atom. The normalized spacial score (nSPS) is 13.9. The maximum atomic E-state index is 12.8. The molecule has 1 aromatic carbocycles. The van der Waals surface area contributed by atoms with Gasteiger partial charge in [-0.25, -0.2) is 0 Å². The molecule has 0 aromatic heterocycles. The Morgan fingerprint density at radius 3 is 1.79 bits per heavy atom. The first-order valence-electron chi connectivity index (χ1n) is 7.09. The summed E-state index contributed by atoms with van der Waals surface area (Å²) in [5.74, 6) is -0.597. The number of carbonyl (C=O) groups is 1. The molecule has 1 rings (SSSR count). The monoisotopic (exact) mass is 356 g/mol. The van der Waals surface area contributed by atoms with Gasteiger partial charge in [0, 0.05) is 6.54 Å². The van der Waals surface area contributed by atoms with Crippen LogP contribution >= 0.6 is 0 Å². The van der Waals surface area contributed by atoms with Crippen molar-refractivity contribution in [3.05, 3.63) is 34.9 Å². The van der Waals surface area contributed by atoms with Crippen LogP contribution in [-0.2, 0) is 23.7 Å². The molecule has 1 amide bonds. The van der Waals surface area contributed by atoms with Crippen LogP contribution in [0.2, 0.25) is 0 Å². The van der Waals surface area contributed by atoms with Crippen molar-refractivity contribution >= 4 is 5.91 Å². The second kappa shape index (κ2) is 7.42. The molecule has 0 saturated carbocycles. The van der Waals surface area contributed by atoms with Crippen LogP contribution in [0.15, 0.2) is 18.2 Å². The Balaban J connectivity index is 3.05. The third-order valence-corrected chi connectivity index (χ3v) is 3.37. The Bertz CT molecular complexity index is 548. The van der Waals surface area contributed by atoms with E-state index in [-0.39, 0.29) is 17.5 Å². The molecule has 0 bridgehead atoms. The molecule has 0 aliphatic heterocycles. The standard InChI is InChI=1S/C15H18F6N2O/c1-8(2)12(22-3)13(24)23-7-9-4-10(14(16,17)18)6-11(5-9)15(19,20)21/h4-6,8,12,22H,7H2,1-3H3,(H,23,24)/t12-/m1/s1. The van der Waals surface area contributed by atoms with Crippen molar-refractivity contribution in [3.63, 3.8) is 0 Å². The molecule has 24 heavy (non-hydrogen) atoms. The van der Waals surface area contributed by atoms with Gasteiger partial charge in [-0.05, 0) is 36.7 Å². The van der Waals surface area contributed by atoms with Gasteiger partial charge >= 0.3 is 12.4 Å². The molecule has 0 fully saturated rings. The summed E-state index contributed by atoms with van der Waals surface area (Å²) in [4.78, 5) is 11.9. The average Bonchev–Trinajstić information content (AvgIpc) is 2.43. The zero-order chi connectivity index (χ0) is 18.7. The molecule has 0 radical (unpaired) electrons. The van der Waals surface area contributed by atoms with Gasteiger partial charge in [0.05, 0.1) is 17.2 Å². The molecule has 1 aromatic rings. The van der Waals surface area contributed by atoms with E-state index in [0.29, 0.717) is 12.1 Å². The molecule has 0 unspecified atom stereocenters. The summed E-state index contributed by atoms with van der Waals surface area (Å²) < 4.78 is 76.6. The second-order valence-electron chi connectivity index (χ2n) is 5.64. The lowest BCUT2D eigenvalue weighted by Gasteiger charge is -2.20. The third kappa shape index (κ3) is 5.40. The molecule has 136 valence electrons. The fourth-order valence-electron chi connectivity index (χ4n) is 2.19. The van der Waals surface area contributed by atoms with Crippen molar-refractivity contribution in [2.45, 2.75) is 38.8 Å². The van der Waals surface area contributed by atoms with Gasteiger partial charge in [0.15, 0.2) is 0 Å². The van der Waals surface area contributed by atoms with Gasteiger partial charge in [0.2, 0.25) is 5.91 Å². The summed E-state index contributed by atoms with van der Waals surface area (Å²) in [5.41, 5.74) is -3.09. The minimum absolute atomic E-state index is 0.0514. The fraction of sp³-hybridized carbons (Fsp3) is 0.533. The van der Waals surface area contributed by atoms with Crippen LogP contribution < -0.4 is 10.6 Å². The molecule has 0 saturated heterocycles. The van der Waals surface area contributed by atoms with E-state index in [9.17, 15) is 31.1 Å². The zero-order valence-electron chi connectivity index (χ0n) is 13.3. The van der Waals surface area contributed by atoms with Crippen molar-refractivity contribution in [3.8, 4) is 0 Å². The van der Waals surface area contributed by atoms with Crippen LogP contribution in [0.3, 0.4) is 0 Å². The first-order chi connectivity index (χ1) is 10.9. The smallest absolute Gasteiger partial charge is 0.351 e. The summed E-state index contributed by atoms with van der Waals surface area (Å²) in [6, 6.07) is 0.645. The van der Waals surface area contributed by atoms with E-state index in [2.05, 4.69) is 10.6 Å². The van der Waals surface area contributed by atoms with Crippen LogP contribution in [0.1, 0.15) is 30.5 Å².